The topological polar surface area (TPSA) is 46.9 Å². The molecule has 0 bridgehead atoms. The van der Waals surface area contributed by atoms with Gasteiger partial charge >= 0.3 is 0 Å². The van der Waals surface area contributed by atoms with E-state index in [0.717, 1.165) is 23.0 Å². The highest BCUT2D eigenvalue weighted by Crippen LogP contribution is 2.20. The lowest BCUT2D eigenvalue weighted by Gasteiger charge is -2.06. The number of amides is 1. The number of anilines is 1. The average Bonchev–Trinajstić information content (AvgIpc) is 2.78. The number of carbonyl (C=O) groups is 1. The molecule has 2 rings (SSSR count). The summed E-state index contributed by atoms with van der Waals surface area (Å²) in [5.41, 5.74) is 0.896. The predicted octanol–water partition coefficient (Wildman–Crippen LogP) is 3.60. The first-order chi connectivity index (χ1) is 9.58. The van der Waals surface area contributed by atoms with E-state index in [1.165, 1.54) is 11.8 Å². The van der Waals surface area contributed by atoms with Gasteiger partial charge in [0.05, 0.1) is 11.4 Å². The summed E-state index contributed by atoms with van der Waals surface area (Å²) >= 11 is 7.30. The molecule has 2 aromatic rings. The summed E-state index contributed by atoms with van der Waals surface area (Å²) in [4.78, 5) is 12.9. The summed E-state index contributed by atoms with van der Waals surface area (Å²) < 4.78 is 1.78. The molecule has 0 aliphatic heterocycles. The lowest BCUT2D eigenvalue weighted by atomic mass is 10.4. The minimum atomic E-state index is -0.0421. The third-order valence-corrected chi connectivity index (χ3v) is 3.92. The molecule has 1 N–H and O–H groups in total. The van der Waals surface area contributed by atoms with Gasteiger partial charge in [0.25, 0.3) is 0 Å². The first-order valence-electron chi connectivity index (χ1n) is 6.31. The highest BCUT2D eigenvalue weighted by atomic mass is 35.5. The van der Waals surface area contributed by atoms with Crippen molar-refractivity contribution < 1.29 is 4.79 Å². The summed E-state index contributed by atoms with van der Waals surface area (Å²) in [6, 6.07) is 9.31. The second-order valence-corrected chi connectivity index (χ2v) is 5.76. The summed E-state index contributed by atoms with van der Waals surface area (Å²) in [5, 5.41) is 7.86. The van der Waals surface area contributed by atoms with Crippen LogP contribution in [0.15, 0.2) is 35.2 Å². The molecule has 0 fully saturated rings. The van der Waals surface area contributed by atoms with E-state index >= 15 is 0 Å². The van der Waals surface area contributed by atoms with Crippen LogP contribution in [0.4, 0.5) is 5.82 Å². The maximum atomic E-state index is 11.9. The van der Waals surface area contributed by atoms with Crippen LogP contribution < -0.4 is 5.32 Å². The molecule has 20 heavy (non-hydrogen) atoms. The second kappa shape index (κ2) is 6.81. The zero-order chi connectivity index (χ0) is 14.5. The van der Waals surface area contributed by atoms with Gasteiger partial charge in [0, 0.05) is 22.5 Å². The molecule has 1 aromatic carbocycles. The van der Waals surface area contributed by atoms with E-state index in [-0.39, 0.29) is 5.91 Å². The molecular weight excluding hydrogens is 294 g/mol. The van der Waals surface area contributed by atoms with E-state index in [2.05, 4.69) is 10.4 Å². The molecule has 0 spiro atoms. The molecule has 0 radical (unpaired) electrons. The number of hydrogen-bond acceptors (Lipinski definition) is 3. The van der Waals surface area contributed by atoms with Crippen molar-refractivity contribution in [3.8, 4) is 0 Å². The van der Waals surface area contributed by atoms with Gasteiger partial charge in [0.1, 0.15) is 5.82 Å². The van der Waals surface area contributed by atoms with Crippen molar-refractivity contribution in [1.29, 1.82) is 0 Å². The van der Waals surface area contributed by atoms with Gasteiger partial charge < -0.3 is 5.32 Å². The number of hydrogen-bond donors (Lipinski definition) is 1. The van der Waals surface area contributed by atoms with Crippen molar-refractivity contribution in [1.82, 2.24) is 9.78 Å². The van der Waals surface area contributed by atoms with Gasteiger partial charge in [0.15, 0.2) is 0 Å². The van der Waals surface area contributed by atoms with Crippen LogP contribution in [0.2, 0.25) is 5.02 Å². The molecular formula is C14H16ClN3OS. The number of thioether (sulfide) groups is 1. The number of nitrogens with zero attached hydrogens (tertiary/aromatic N) is 2. The van der Waals surface area contributed by atoms with Gasteiger partial charge in [-0.15, -0.1) is 11.8 Å². The summed E-state index contributed by atoms with van der Waals surface area (Å²) in [6.07, 6.45) is 0. The summed E-state index contributed by atoms with van der Waals surface area (Å²) in [5.74, 6) is 1.06. The molecule has 106 valence electrons. The highest BCUT2D eigenvalue weighted by molar-refractivity contribution is 8.00. The molecule has 0 atom stereocenters. The fraction of sp³-hybridized carbons (Fsp3) is 0.286. The monoisotopic (exact) mass is 309 g/mol. The Balaban J connectivity index is 1.90. The number of aromatic nitrogens is 2. The molecule has 1 aromatic heterocycles. The lowest BCUT2D eigenvalue weighted by Crippen LogP contribution is -2.17. The van der Waals surface area contributed by atoms with E-state index in [1.54, 1.807) is 4.68 Å². The van der Waals surface area contributed by atoms with Crippen molar-refractivity contribution in [3.05, 3.63) is 41.0 Å². The highest BCUT2D eigenvalue weighted by Gasteiger charge is 2.08. The van der Waals surface area contributed by atoms with Crippen molar-refractivity contribution in [2.45, 2.75) is 25.3 Å². The van der Waals surface area contributed by atoms with Crippen LogP contribution in [-0.2, 0) is 11.3 Å². The standard InChI is InChI=1S/C14H16ClN3OS/c1-3-18-13(8-10(2)17-18)16-14(19)9-20-12-6-4-11(15)5-7-12/h4-8H,3,9H2,1-2H3,(H,16,19). The number of nitrogens with one attached hydrogen (secondary N) is 1. The quantitative estimate of drug-likeness (QED) is 0.859. The van der Waals surface area contributed by atoms with Crippen LogP contribution in [-0.4, -0.2) is 21.4 Å². The molecule has 1 amide bonds. The van der Waals surface area contributed by atoms with Crippen LogP contribution in [0.1, 0.15) is 12.6 Å². The van der Waals surface area contributed by atoms with E-state index < -0.39 is 0 Å². The molecule has 1 heterocycles. The molecule has 0 saturated carbocycles. The Hall–Kier alpha value is -1.46. The molecule has 0 unspecified atom stereocenters. The summed E-state index contributed by atoms with van der Waals surface area (Å²) in [6.45, 7) is 4.63. The van der Waals surface area contributed by atoms with Crippen molar-refractivity contribution in [2.75, 3.05) is 11.1 Å². The number of rotatable bonds is 5. The van der Waals surface area contributed by atoms with Gasteiger partial charge in [-0.25, -0.2) is 4.68 Å². The molecule has 0 aliphatic rings. The minimum absolute atomic E-state index is 0.0421. The number of carbonyl (C=O) groups excluding carboxylic acids is 1. The van der Waals surface area contributed by atoms with E-state index in [9.17, 15) is 4.79 Å². The molecule has 0 saturated heterocycles. The second-order valence-electron chi connectivity index (χ2n) is 4.28. The number of halogens is 1. The fourth-order valence-electron chi connectivity index (χ4n) is 1.75. The van der Waals surface area contributed by atoms with Crippen LogP contribution in [0.25, 0.3) is 0 Å². The first-order valence-corrected chi connectivity index (χ1v) is 7.67. The van der Waals surface area contributed by atoms with Crippen LogP contribution >= 0.6 is 23.4 Å². The van der Waals surface area contributed by atoms with Crippen LogP contribution in [0.5, 0.6) is 0 Å². The normalized spacial score (nSPS) is 10.6. The lowest BCUT2D eigenvalue weighted by molar-refractivity contribution is -0.113. The first kappa shape index (κ1) is 14.9. The molecule has 0 aliphatic carbocycles. The number of benzene rings is 1. The maximum Gasteiger partial charge on any atom is 0.235 e. The Morgan fingerprint density at radius 1 is 1.40 bits per heavy atom. The SMILES string of the molecule is CCn1nc(C)cc1NC(=O)CSc1ccc(Cl)cc1. The van der Waals surface area contributed by atoms with Gasteiger partial charge in [-0.1, -0.05) is 11.6 Å². The smallest absolute Gasteiger partial charge is 0.235 e. The third-order valence-electron chi connectivity index (χ3n) is 2.65. The fourth-order valence-corrected chi connectivity index (χ4v) is 2.57. The van der Waals surface area contributed by atoms with Crippen molar-refractivity contribution in [2.24, 2.45) is 0 Å². The molecule has 4 nitrogen and oxygen atoms in total. The Labute approximate surface area is 127 Å². The van der Waals surface area contributed by atoms with Gasteiger partial charge in [0.2, 0.25) is 5.91 Å². The van der Waals surface area contributed by atoms with Crippen LogP contribution in [0, 0.1) is 6.92 Å². The Morgan fingerprint density at radius 3 is 2.75 bits per heavy atom. The van der Waals surface area contributed by atoms with Crippen LogP contribution in [0.3, 0.4) is 0 Å². The van der Waals surface area contributed by atoms with Crippen molar-refractivity contribution in [3.63, 3.8) is 0 Å². The predicted molar refractivity (Wildman–Crippen MR) is 83.4 cm³/mol. The Morgan fingerprint density at radius 2 is 2.10 bits per heavy atom. The van der Waals surface area contributed by atoms with Gasteiger partial charge in [-0.2, -0.15) is 5.10 Å². The Bertz CT molecular complexity index is 595. The van der Waals surface area contributed by atoms with Gasteiger partial charge in [-0.3, -0.25) is 4.79 Å². The van der Waals surface area contributed by atoms with Crippen molar-refractivity contribution >= 4 is 35.1 Å². The largest absolute Gasteiger partial charge is 0.310 e. The minimum Gasteiger partial charge on any atom is -0.310 e. The zero-order valence-electron chi connectivity index (χ0n) is 11.4. The zero-order valence-corrected chi connectivity index (χ0v) is 13.0. The number of aryl methyl sites for hydroxylation is 2. The Kier molecular flexibility index (Phi) is 5.09. The third kappa shape index (κ3) is 4.02. The van der Waals surface area contributed by atoms with E-state index in [1.807, 2.05) is 44.2 Å². The van der Waals surface area contributed by atoms with E-state index in [4.69, 9.17) is 11.6 Å². The summed E-state index contributed by atoms with van der Waals surface area (Å²) in [7, 11) is 0. The average molecular weight is 310 g/mol. The maximum absolute atomic E-state index is 11.9. The molecule has 6 heteroatoms. The van der Waals surface area contributed by atoms with Gasteiger partial charge in [-0.05, 0) is 38.1 Å². The van der Waals surface area contributed by atoms with E-state index in [0.29, 0.717) is 10.8 Å².